The van der Waals surface area contributed by atoms with Gasteiger partial charge in [-0.15, -0.1) is 0 Å². The summed E-state index contributed by atoms with van der Waals surface area (Å²) in [6, 6.07) is 0.709. The van der Waals surface area contributed by atoms with Crippen molar-refractivity contribution < 1.29 is 4.74 Å². The predicted octanol–water partition coefficient (Wildman–Crippen LogP) is 2.30. The van der Waals surface area contributed by atoms with Crippen molar-refractivity contribution >= 4 is 0 Å². The summed E-state index contributed by atoms with van der Waals surface area (Å²) in [4.78, 5) is 0. The van der Waals surface area contributed by atoms with Crippen LogP contribution in [-0.4, -0.2) is 31.8 Å². The first-order valence-electron chi connectivity index (χ1n) is 7.35. The molecule has 1 aliphatic carbocycles. The summed E-state index contributed by atoms with van der Waals surface area (Å²) in [5.41, 5.74) is 5.60. The molecule has 102 valence electrons. The largest absolute Gasteiger partial charge is 0.378 e. The number of ether oxygens (including phenoxy) is 1. The topological polar surface area (TPSA) is 47.3 Å². The van der Waals surface area contributed by atoms with Crippen molar-refractivity contribution in [2.24, 2.45) is 11.7 Å². The molecular formula is C14H30N2O. The van der Waals surface area contributed by atoms with E-state index in [1.54, 1.807) is 0 Å². The minimum atomic E-state index is 0.526. The lowest BCUT2D eigenvalue weighted by Crippen LogP contribution is -2.45. The molecule has 0 bridgehead atoms. The number of hydrogen-bond donors (Lipinski definition) is 2. The molecule has 0 spiro atoms. The van der Waals surface area contributed by atoms with Gasteiger partial charge in [0.25, 0.3) is 0 Å². The van der Waals surface area contributed by atoms with Gasteiger partial charge < -0.3 is 15.8 Å². The first kappa shape index (κ1) is 14.9. The predicted molar refractivity (Wildman–Crippen MR) is 73.1 cm³/mol. The summed E-state index contributed by atoms with van der Waals surface area (Å²) in [6.07, 6.45) is 8.00. The molecule has 0 radical (unpaired) electrons. The first-order valence-corrected chi connectivity index (χ1v) is 7.35. The monoisotopic (exact) mass is 242 g/mol. The molecule has 0 aromatic heterocycles. The normalized spacial score (nSPS) is 25.6. The second-order valence-electron chi connectivity index (χ2n) is 5.19. The zero-order chi connectivity index (χ0) is 12.5. The van der Waals surface area contributed by atoms with E-state index < -0.39 is 0 Å². The van der Waals surface area contributed by atoms with Gasteiger partial charge in [0, 0.05) is 12.6 Å². The zero-order valence-corrected chi connectivity index (χ0v) is 11.6. The van der Waals surface area contributed by atoms with E-state index in [0.717, 1.165) is 25.6 Å². The molecule has 0 amide bonds. The van der Waals surface area contributed by atoms with Gasteiger partial charge in [-0.3, -0.25) is 0 Å². The van der Waals surface area contributed by atoms with Gasteiger partial charge in [0.05, 0.1) is 6.10 Å². The molecule has 1 fully saturated rings. The van der Waals surface area contributed by atoms with Crippen LogP contribution in [0.3, 0.4) is 0 Å². The maximum atomic E-state index is 5.60. The molecule has 1 atom stereocenters. The summed E-state index contributed by atoms with van der Waals surface area (Å²) < 4.78 is 5.55. The number of nitrogens with two attached hydrogens (primary N) is 1. The van der Waals surface area contributed by atoms with Crippen LogP contribution in [0.2, 0.25) is 0 Å². The molecule has 0 aromatic carbocycles. The van der Waals surface area contributed by atoms with E-state index in [2.05, 4.69) is 19.2 Å². The van der Waals surface area contributed by atoms with Crippen LogP contribution in [0.25, 0.3) is 0 Å². The van der Waals surface area contributed by atoms with Crippen LogP contribution in [0.4, 0.5) is 0 Å². The second-order valence-corrected chi connectivity index (χ2v) is 5.19. The Kier molecular flexibility index (Phi) is 7.82. The van der Waals surface area contributed by atoms with E-state index in [-0.39, 0.29) is 0 Å². The minimum Gasteiger partial charge on any atom is -0.378 e. The Hall–Kier alpha value is -0.120. The van der Waals surface area contributed by atoms with E-state index in [0.29, 0.717) is 12.1 Å². The highest BCUT2D eigenvalue weighted by Gasteiger charge is 2.28. The molecular weight excluding hydrogens is 212 g/mol. The van der Waals surface area contributed by atoms with Crippen LogP contribution >= 0.6 is 0 Å². The maximum absolute atomic E-state index is 5.60. The molecule has 0 heterocycles. The first-order chi connectivity index (χ1) is 8.30. The molecule has 1 saturated carbocycles. The lowest BCUT2D eigenvalue weighted by atomic mass is 9.89. The third kappa shape index (κ3) is 5.84. The Balaban J connectivity index is 1.91. The molecule has 1 unspecified atom stereocenters. The minimum absolute atomic E-state index is 0.526. The highest BCUT2D eigenvalue weighted by Crippen LogP contribution is 2.23. The van der Waals surface area contributed by atoms with Crippen molar-refractivity contribution in [3.05, 3.63) is 0 Å². The van der Waals surface area contributed by atoms with E-state index in [4.69, 9.17) is 10.5 Å². The summed E-state index contributed by atoms with van der Waals surface area (Å²) in [5, 5.41) is 3.62. The number of hydrogen-bond acceptors (Lipinski definition) is 3. The van der Waals surface area contributed by atoms with Gasteiger partial charge >= 0.3 is 0 Å². The fraction of sp³-hybridized carbons (Fsp3) is 1.00. The van der Waals surface area contributed by atoms with Gasteiger partial charge in [-0.25, -0.2) is 0 Å². The van der Waals surface area contributed by atoms with Gasteiger partial charge in [0.1, 0.15) is 0 Å². The lowest BCUT2D eigenvalue weighted by Gasteiger charge is -2.35. The molecule has 0 aromatic rings. The van der Waals surface area contributed by atoms with Crippen LogP contribution in [-0.2, 0) is 4.74 Å². The van der Waals surface area contributed by atoms with E-state index in [9.17, 15) is 0 Å². The molecule has 3 N–H and O–H groups in total. The van der Waals surface area contributed by atoms with Gasteiger partial charge in [-0.05, 0) is 58.0 Å². The quantitative estimate of drug-likeness (QED) is 0.578. The van der Waals surface area contributed by atoms with E-state index in [1.807, 2.05) is 0 Å². The van der Waals surface area contributed by atoms with Crippen molar-refractivity contribution in [2.75, 3.05) is 19.7 Å². The Morgan fingerprint density at radius 3 is 2.65 bits per heavy atom. The van der Waals surface area contributed by atoms with Gasteiger partial charge in [-0.1, -0.05) is 13.3 Å². The Morgan fingerprint density at radius 2 is 2.06 bits per heavy atom. The van der Waals surface area contributed by atoms with Crippen LogP contribution in [0.15, 0.2) is 0 Å². The average molecular weight is 242 g/mol. The van der Waals surface area contributed by atoms with Gasteiger partial charge in [0.15, 0.2) is 0 Å². The van der Waals surface area contributed by atoms with Crippen molar-refractivity contribution in [1.29, 1.82) is 0 Å². The summed E-state index contributed by atoms with van der Waals surface area (Å²) in [6.45, 7) is 7.19. The SMILES string of the molecule is CCOC1CC(NCCCC(CC)CCN)C1. The summed E-state index contributed by atoms with van der Waals surface area (Å²) in [5.74, 6) is 0.833. The summed E-state index contributed by atoms with van der Waals surface area (Å²) in [7, 11) is 0. The number of nitrogens with one attached hydrogen (secondary N) is 1. The maximum Gasteiger partial charge on any atom is 0.0604 e. The second kappa shape index (κ2) is 8.90. The van der Waals surface area contributed by atoms with Crippen LogP contribution in [0.1, 0.15) is 52.4 Å². The Bertz CT molecular complexity index is 181. The highest BCUT2D eigenvalue weighted by molar-refractivity contribution is 4.85. The van der Waals surface area contributed by atoms with Gasteiger partial charge in [0.2, 0.25) is 0 Å². The molecule has 1 rings (SSSR count). The van der Waals surface area contributed by atoms with Gasteiger partial charge in [-0.2, -0.15) is 0 Å². The van der Waals surface area contributed by atoms with Crippen molar-refractivity contribution in [2.45, 2.75) is 64.5 Å². The molecule has 1 aliphatic rings. The highest BCUT2D eigenvalue weighted by atomic mass is 16.5. The third-order valence-corrected chi connectivity index (χ3v) is 3.87. The Morgan fingerprint density at radius 1 is 1.29 bits per heavy atom. The standard InChI is InChI=1S/C14H30N2O/c1-3-12(7-8-15)6-5-9-16-13-10-14(11-13)17-4-2/h12-14,16H,3-11,15H2,1-2H3. The number of rotatable bonds is 10. The van der Waals surface area contributed by atoms with Crippen molar-refractivity contribution in [3.63, 3.8) is 0 Å². The lowest BCUT2D eigenvalue weighted by molar-refractivity contribution is -0.00981. The molecule has 17 heavy (non-hydrogen) atoms. The third-order valence-electron chi connectivity index (χ3n) is 3.87. The van der Waals surface area contributed by atoms with Crippen LogP contribution in [0, 0.1) is 5.92 Å². The molecule has 3 heteroatoms. The van der Waals surface area contributed by atoms with Crippen LogP contribution < -0.4 is 11.1 Å². The molecule has 0 saturated heterocycles. The average Bonchev–Trinajstić information content (AvgIpc) is 2.29. The van der Waals surface area contributed by atoms with E-state index >= 15 is 0 Å². The summed E-state index contributed by atoms with van der Waals surface area (Å²) >= 11 is 0. The fourth-order valence-electron chi connectivity index (χ4n) is 2.59. The van der Waals surface area contributed by atoms with Crippen molar-refractivity contribution in [1.82, 2.24) is 5.32 Å². The fourth-order valence-corrected chi connectivity index (χ4v) is 2.59. The smallest absolute Gasteiger partial charge is 0.0604 e. The zero-order valence-electron chi connectivity index (χ0n) is 11.6. The van der Waals surface area contributed by atoms with E-state index in [1.165, 1.54) is 38.5 Å². The van der Waals surface area contributed by atoms with Crippen molar-refractivity contribution in [3.8, 4) is 0 Å². The Labute approximate surface area is 106 Å². The molecule has 0 aliphatic heterocycles. The molecule has 3 nitrogen and oxygen atoms in total. The van der Waals surface area contributed by atoms with Crippen LogP contribution in [0.5, 0.6) is 0 Å².